The van der Waals surface area contributed by atoms with Crippen molar-refractivity contribution in [1.29, 1.82) is 0 Å². The van der Waals surface area contributed by atoms with Crippen LogP contribution in [0, 0.1) is 11.8 Å². The maximum Gasteiger partial charge on any atom is 0.227 e. The van der Waals surface area contributed by atoms with E-state index in [4.69, 9.17) is 4.74 Å². The smallest absolute Gasteiger partial charge is 0.227 e. The third kappa shape index (κ3) is 2.63. The Morgan fingerprint density at radius 1 is 1.22 bits per heavy atom. The van der Waals surface area contributed by atoms with Crippen LogP contribution < -0.4 is 4.74 Å². The van der Waals surface area contributed by atoms with E-state index in [9.17, 15) is 4.79 Å². The van der Waals surface area contributed by atoms with E-state index in [2.05, 4.69) is 17.0 Å². The summed E-state index contributed by atoms with van der Waals surface area (Å²) in [5.74, 6) is 2.10. The molecule has 0 spiro atoms. The molecule has 1 aromatic rings. The van der Waals surface area contributed by atoms with E-state index < -0.39 is 0 Å². The monoisotopic (exact) mass is 314 g/mol. The van der Waals surface area contributed by atoms with Crippen molar-refractivity contribution < 1.29 is 9.53 Å². The van der Waals surface area contributed by atoms with Crippen molar-refractivity contribution in [2.75, 3.05) is 33.8 Å². The molecule has 0 radical (unpaired) electrons. The van der Waals surface area contributed by atoms with Crippen LogP contribution in [-0.2, 0) is 24.2 Å². The Bertz CT molecular complexity index is 628. The lowest BCUT2D eigenvalue weighted by atomic mass is 9.88. The number of hydrogen-bond acceptors (Lipinski definition) is 3. The van der Waals surface area contributed by atoms with Gasteiger partial charge in [0.2, 0.25) is 5.91 Å². The molecule has 4 rings (SSSR count). The third-order valence-corrected chi connectivity index (χ3v) is 5.93. The number of aryl methyl sites for hydroxylation is 2. The van der Waals surface area contributed by atoms with Crippen LogP contribution in [0.4, 0.5) is 0 Å². The molecule has 2 aliphatic heterocycles. The van der Waals surface area contributed by atoms with Crippen molar-refractivity contribution in [2.24, 2.45) is 11.8 Å². The third-order valence-electron chi connectivity index (χ3n) is 5.93. The normalized spacial score (nSPS) is 27.2. The fourth-order valence-electron chi connectivity index (χ4n) is 4.62. The van der Waals surface area contributed by atoms with Gasteiger partial charge in [-0.1, -0.05) is 6.07 Å². The minimum atomic E-state index is 0.203. The maximum atomic E-state index is 12.4. The van der Waals surface area contributed by atoms with Gasteiger partial charge in [0.1, 0.15) is 5.75 Å². The predicted molar refractivity (Wildman–Crippen MR) is 89.5 cm³/mol. The number of likely N-dealkylation sites (tertiary alicyclic amines) is 2. The number of nitrogens with zero attached hydrogens (tertiary/aromatic N) is 2. The lowest BCUT2D eigenvalue weighted by Crippen LogP contribution is -2.42. The lowest BCUT2D eigenvalue weighted by molar-refractivity contribution is -0.137. The summed E-state index contributed by atoms with van der Waals surface area (Å²) in [6.07, 6.45) is 4.78. The van der Waals surface area contributed by atoms with Gasteiger partial charge in [-0.25, -0.2) is 0 Å². The number of hydrogen-bond donors (Lipinski definition) is 0. The van der Waals surface area contributed by atoms with Gasteiger partial charge < -0.3 is 9.64 Å². The molecule has 0 saturated carbocycles. The van der Waals surface area contributed by atoms with E-state index in [0.717, 1.165) is 38.3 Å². The molecule has 0 bridgehead atoms. The highest BCUT2D eigenvalue weighted by Crippen LogP contribution is 2.35. The lowest BCUT2D eigenvalue weighted by Gasteiger charge is -2.30. The molecular formula is C19H26N2O2. The molecule has 2 atom stereocenters. The molecule has 1 aliphatic carbocycles. The van der Waals surface area contributed by atoms with Crippen LogP contribution in [0.2, 0.25) is 0 Å². The first kappa shape index (κ1) is 15.0. The zero-order chi connectivity index (χ0) is 16.0. The van der Waals surface area contributed by atoms with Crippen molar-refractivity contribution in [3.63, 3.8) is 0 Å². The first-order valence-corrected chi connectivity index (χ1v) is 8.81. The van der Waals surface area contributed by atoms with Gasteiger partial charge in [-0.2, -0.15) is 0 Å². The molecule has 2 heterocycles. The first-order valence-electron chi connectivity index (χ1n) is 8.81. The second-order valence-corrected chi connectivity index (χ2v) is 7.40. The van der Waals surface area contributed by atoms with Crippen molar-refractivity contribution in [3.8, 4) is 5.75 Å². The number of amides is 1. The number of piperidine rings is 1. The van der Waals surface area contributed by atoms with Gasteiger partial charge in [-0.15, -0.1) is 0 Å². The van der Waals surface area contributed by atoms with Crippen molar-refractivity contribution in [3.05, 3.63) is 28.8 Å². The highest BCUT2D eigenvalue weighted by Gasteiger charge is 2.41. The molecule has 0 aromatic heterocycles. The minimum absolute atomic E-state index is 0.203. The Morgan fingerprint density at radius 3 is 2.78 bits per heavy atom. The Kier molecular flexibility index (Phi) is 3.80. The molecule has 0 N–H and O–H groups in total. The number of fused-ring (bicyclic) bond motifs is 2. The second-order valence-electron chi connectivity index (χ2n) is 7.40. The Morgan fingerprint density at radius 2 is 2.00 bits per heavy atom. The van der Waals surface area contributed by atoms with Crippen LogP contribution in [0.1, 0.15) is 29.5 Å². The van der Waals surface area contributed by atoms with E-state index >= 15 is 0 Å². The van der Waals surface area contributed by atoms with Gasteiger partial charge in [0.15, 0.2) is 0 Å². The van der Waals surface area contributed by atoms with Gasteiger partial charge >= 0.3 is 0 Å². The summed E-state index contributed by atoms with van der Waals surface area (Å²) in [5, 5.41) is 0. The van der Waals surface area contributed by atoms with Gasteiger partial charge in [-0.3, -0.25) is 9.69 Å². The summed E-state index contributed by atoms with van der Waals surface area (Å²) in [5.41, 5.74) is 4.23. The van der Waals surface area contributed by atoms with Crippen LogP contribution in [0.3, 0.4) is 0 Å². The molecule has 3 aliphatic rings. The van der Waals surface area contributed by atoms with Crippen LogP contribution >= 0.6 is 0 Å². The van der Waals surface area contributed by atoms with Gasteiger partial charge in [0.25, 0.3) is 0 Å². The zero-order valence-electron chi connectivity index (χ0n) is 14.2. The molecule has 1 amide bonds. The molecule has 4 heteroatoms. The number of ether oxygens (including phenoxy) is 1. The Hall–Kier alpha value is -1.55. The fraction of sp³-hybridized carbons (Fsp3) is 0.632. The quantitative estimate of drug-likeness (QED) is 0.856. The molecule has 4 nitrogen and oxygen atoms in total. The number of benzene rings is 1. The average molecular weight is 314 g/mol. The molecule has 124 valence electrons. The summed E-state index contributed by atoms with van der Waals surface area (Å²) in [6.45, 7) is 3.76. The van der Waals surface area contributed by atoms with Crippen LogP contribution in [-0.4, -0.2) is 49.5 Å². The topological polar surface area (TPSA) is 32.8 Å². The standard InChI is InChI=1S/C19H26N2O2/c1-20-7-6-15-10-21(12-17(15)19(20)22)11-16-8-13-4-3-5-14(13)9-18(16)23-2/h8-9,15,17H,3-7,10-12H2,1-2H3/t15-,17+/m1/s1. The summed E-state index contributed by atoms with van der Waals surface area (Å²) >= 11 is 0. The van der Waals surface area contributed by atoms with Gasteiger partial charge in [0.05, 0.1) is 13.0 Å². The number of carbonyl (C=O) groups is 1. The molecule has 1 aromatic carbocycles. The summed E-state index contributed by atoms with van der Waals surface area (Å²) < 4.78 is 5.64. The summed E-state index contributed by atoms with van der Waals surface area (Å²) in [4.78, 5) is 16.7. The Balaban J connectivity index is 1.52. The van der Waals surface area contributed by atoms with Crippen LogP contribution in [0.5, 0.6) is 5.75 Å². The van der Waals surface area contributed by atoms with E-state index in [1.165, 1.54) is 36.0 Å². The van der Waals surface area contributed by atoms with E-state index in [1.54, 1.807) is 7.11 Å². The van der Waals surface area contributed by atoms with Gasteiger partial charge in [0, 0.05) is 38.8 Å². The maximum absolute atomic E-state index is 12.4. The van der Waals surface area contributed by atoms with E-state index in [0.29, 0.717) is 11.8 Å². The summed E-state index contributed by atoms with van der Waals surface area (Å²) in [6, 6.07) is 4.58. The first-order chi connectivity index (χ1) is 11.2. The SMILES string of the molecule is COc1cc2c(cc1CN1C[C@H]3CCN(C)C(=O)[C@H]3C1)CCC2. The van der Waals surface area contributed by atoms with Crippen molar-refractivity contribution in [1.82, 2.24) is 9.80 Å². The zero-order valence-corrected chi connectivity index (χ0v) is 14.2. The van der Waals surface area contributed by atoms with Crippen molar-refractivity contribution in [2.45, 2.75) is 32.2 Å². The Labute approximate surface area is 138 Å². The van der Waals surface area contributed by atoms with Crippen molar-refractivity contribution >= 4 is 5.91 Å². The number of rotatable bonds is 3. The molecular weight excluding hydrogens is 288 g/mol. The molecule has 0 unspecified atom stereocenters. The highest BCUT2D eigenvalue weighted by atomic mass is 16.5. The molecule has 2 fully saturated rings. The van der Waals surface area contributed by atoms with Crippen LogP contribution in [0.25, 0.3) is 0 Å². The number of carbonyl (C=O) groups excluding carboxylic acids is 1. The fourth-order valence-corrected chi connectivity index (χ4v) is 4.62. The minimum Gasteiger partial charge on any atom is -0.496 e. The molecule has 23 heavy (non-hydrogen) atoms. The van der Waals surface area contributed by atoms with E-state index in [1.807, 2.05) is 11.9 Å². The predicted octanol–water partition coefficient (Wildman–Crippen LogP) is 2.09. The second kappa shape index (κ2) is 5.82. The van der Waals surface area contributed by atoms with Gasteiger partial charge in [-0.05, 0) is 48.8 Å². The number of methoxy groups -OCH3 is 1. The van der Waals surface area contributed by atoms with Crippen LogP contribution in [0.15, 0.2) is 12.1 Å². The summed E-state index contributed by atoms with van der Waals surface area (Å²) in [7, 11) is 3.70. The van der Waals surface area contributed by atoms with E-state index in [-0.39, 0.29) is 5.92 Å². The highest BCUT2D eigenvalue weighted by molar-refractivity contribution is 5.80. The average Bonchev–Trinajstić information content (AvgIpc) is 3.16. The largest absolute Gasteiger partial charge is 0.496 e. The molecule has 2 saturated heterocycles.